The summed E-state index contributed by atoms with van der Waals surface area (Å²) in [4.78, 5) is 25.9. The van der Waals surface area contributed by atoms with Crippen LogP contribution in [0.25, 0.3) is 0 Å². The maximum Gasteiger partial charge on any atom is 0.248 e. The summed E-state index contributed by atoms with van der Waals surface area (Å²) < 4.78 is 11.2. The van der Waals surface area contributed by atoms with Gasteiger partial charge in [-0.05, 0) is 25.7 Å². The van der Waals surface area contributed by atoms with Crippen LogP contribution in [-0.4, -0.2) is 61.8 Å². The highest BCUT2D eigenvalue weighted by Crippen LogP contribution is 2.24. The second-order valence-corrected chi connectivity index (χ2v) is 6.66. The molecule has 0 unspecified atom stereocenters. The average molecular weight is 326 g/mol. The zero-order chi connectivity index (χ0) is 16.7. The molecule has 23 heavy (non-hydrogen) atoms. The second-order valence-electron chi connectivity index (χ2n) is 6.66. The van der Waals surface area contributed by atoms with Crippen molar-refractivity contribution in [3.63, 3.8) is 0 Å². The van der Waals surface area contributed by atoms with Crippen molar-refractivity contribution >= 4 is 11.8 Å². The van der Waals surface area contributed by atoms with E-state index in [1.165, 1.54) is 39.0 Å². The third-order valence-electron chi connectivity index (χ3n) is 4.74. The van der Waals surface area contributed by atoms with Gasteiger partial charge < -0.3 is 19.7 Å². The van der Waals surface area contributed by atoms with Crippen LogP contribution < -0.4 is 5.32 Å². The van der Waals surface area contributed by atoms with Gasteiger partial charge in [0.2, 0.25) is 11.8 Å². The fourth-order valence-electron chi connectivity index (χ4n) is 3.32. The number of carbonyl (C=O) groups excluding carboxylic acids is 2. The van der Waals surface area contributed by atoms with Crippen LogP contribution in [0.15, 0.2) is 0 Å². The molecule has 132 valence electrons. The van der Waals surface area contributed by atoms with Crippen LogP contribution >= 0.6 is 0 Å². The highest BCUT2D eigenvalue weighted by molar-refractivity contribution is 5.87. The summed E-state index contributed by atoms with van der Waals surface area (Å²) in [5.74, 6) is 0.312. The van der Waals surface area contributed by atoms with E-state index in [2.05, 4.69) is 5.32 Å². The average Bonchev–Trinajstić information content (AvgIpc) is 2.58. The molecule has 2 aliphatic rings. The molecule has 0 radical (unpaired) electrons. The van der Waals surface area contributed by atoms with E-state index in [4.69, 9.17) is 9.47 Å². The SMILES string of the molecule is CC(=O)N[C@H](C(=O)N1CCOCC1)[C@@H](C)OCC1CCCCC1. The van der Waals surface area contributed by atoms with Crippen molar-refractivity contribution in [3.8, 4) is 0 Å². The van der Waals surface area contributed by atoms with Gasteiger partial charge in [0.05, 0.1) is 19.3 Å². The van der Waals surface area contributed by atoms with Crippen molar-refractivity contribution < 1.29 is 19.1 Å². The van der Waals surface area contributed by atoms with E-state index in [1.54, 1.807) is 4.90 Å². The Morgan fingerprint density at radius 1 is 1.22 bits per heavy atom. The molecule has 0 aromatic rings. The molecule has 1 N–H and O–H groups in total. The molecule has 0 aromatic carbocycles. The Hall–Kier alpha value is -1.14. The molecule has 2 atom stereocenters. The molecule has 1 saturated heterocycles. The normalized spacial score (nSPS) is 22.4. The van der Waals surface area contributed by atoms with Crippen LogP contribution in [-0.2, 0) is 19.1 Å². The maximum absolute atomic E-state index is 12.7. The lowest BCUT2D eigenvalue weighted by Gasteiger charge is -2.33. The monoisotopic (exact) mass is 326 g/mol. The smallest absolute Gasteiger partial charge is 0.248 e. The number of carbonyl (C=O) groups is 2. The Morgan fingerprint density at radius 3 is 2.48 bits per heavy atom. The molecule has 1 saturated carbocycles. The fourth-order valence-corrected chi connectivity index (χ4v) is 3.32. The van der Waals surface area contributed by atoms with Crippen molar-refractivity contribution in [1.29, 1.82) is 0 Å². The van der Waals surface area contributed by atoms with Crippen LogP contribution in [0.3, 0.4) is 0 Å². The lowest BCUT2D eigenvalue weighted by molar-refractivity contribution is -0.144. The van der Waals surface area contributed by atoms with Gasteiger partial charge >= 0.3 is 0 Å². The zero-order valence-corrected chi connectivity index (χ0v) is 14.4. The van der Waals surface area contributed by atoms with Crippen molar-refractivity contribution in [3.05, 3.63) is 0 Å². The first kappa shape index (κ1) is 18.2. The Kier molecular flexibility index (Phi) is 7.30. The molecule has 2 fully saturated rings. The zero-order valence-electron chi connectivity index (χ0n) is 14.4. The summed E-state index contributed by atoms with van der Waals surface area (Å²) in [5.41, 5.74) is 0. The van der Waals surface area contributed by atoms with Crippen molar-refractivity contribution in [1.82, 2.24) is 10.2 Å². The van der Waals surface area contributed by atoms with Crippen molar-refractivity contribution in [2.45, 2.75) is 58.1 Å². The van der Waals surface area contributed by atoms with E-state index < -0.39 is 6.04 Å². The summed E-state index contributed by atoms with van der Waals surface area (Å²) in [6.07, 6.45) is 5.94. The Balaban J connectivity index is 1.89. The minimum atomic E-state index is -0.616. The van der Waals surface area contributed by atoms with Gasteiger partial charge in [-0.25, -0.2) is 0 Å². The van der Waals surface area contributed by atoms with Crippen LogP contribution in [0.5, 0.6) is 0 Å². The Labute approximate surface area is 138 Å². The highest BCUT2D eigenvalue weighted by Gasteiger charge is 2.32. The maximum atomic E-state index is 12.7. The van der Waals surface area contributed by atoms with Crippen LogP contribution in [0, 0.1) is 5.92 Å². The van der Waals surface area contributed by atoms with Gasteiger partial charge in [-0.3, -0.25) is 9.59 Å². The van der Waals surface area contributed by atoms with Crippen molar-refractivity contribution in [2.24, 2.45) is 5.92 Å². The molecular weight excluding hydrogens is 296 g/mol. The van der Waals surface area contributed by atoms with Crippen LogP contribution in [0.2, 0.25) is 0 Å². The summed E-state index contributed by atoms with van der Waals surface area (Å²) in [6.45, 7) is 6.24. The summed E-state index contributed by atoms with van der Waals surface area (Å²) in [7, 11) is 0. The molecule has 1 aliphatic carbocycles. The number of morpholine rings is 1. The first-order chi connectivity index (χ1) is 11.1. The molecule has 6 nitrogen and oxygen atoms in total. The topological polar surface area (TPSA) is 67.9 Å². The number of nitrogens with one attached hydrogen (secondary N) is 1. The van der Waals surface area contributed by atoms with Gasteiger partial charge in [0.15, 0.2) is 0 Å². The Morgan fingerprint density at radius 2 is 1.87 bits per heavy atom. The fraction of sp³-hybridized carbons (Fsp3) is 0.882. The number of nitrogens with zero attached hydrogens (tertiary/aromatic N) is 1. The standard InChI is InChI=1S/C17H30N2O4/c1-13(23-12-15-6-4-3-5-7-15)16(18-14(2)20)17(21)19-8-10-22-11-9-19/h13,15-16H,3-12H2,1-2H3,(H,18,20)/t13-,16+/m1/s1. The molecular formula is C17H30N2O4. The predicted molar refractivity (Wildman–Crippen MR) is 87.0 cm³/mol. The molecule has 0 spiro atoms. The van der Waals surface area contributed by atoms with Gasteiger partial charge in [-0.1, -0.05) is 19.3 Å². The molecule has 1 heterocycles. The van der Waals surface area contributed by atoms with Crippen LogP contribution in [0.1, 0.15) is 46.0 Å². The lowest BCUT2D eigenvalue weighted by Crippen LogP contribution is -2.56. The number of hydrogen-bond donors (Lipinski definition) is 1. The largest absolute Gasteiger partial charge is 0.378 e. The number of ether oxygens (including phenoxy) is 2. The predicted octanol–water partition coefficient (Wildman–Crippen LogP) is 1.34. The first-order valence-corrected chi connectivity index (χ1v) is 8.83. The number of amides is 2. The molecule has 6 heteroatoms. The van der Waals surface area contributed by atoms with E-state index in [1.807, 2.05) is 6.92 Å². The summed E-state index contributed by atoms with van der Waals surface area (Å²) in [5, 5.41) is 2.77. The molecule has 2 rings (SSSR count). The van der Waals surface area contributed by atoms with Gasteiger partial charge in [0.25, 0.3) is 0 Å². The summed E-state index contributed by atoms with van der Waals surface area (Å²) >= 11 is 0. The molecule has 0 bridgehead atoms. The Bertz CT molecular complexity index is 390. The van der Waals surface area contributed by atoms with E-state index in [0.717, 1.165) is 0 Å². The quantitative estimate of drug-likeness (QED) is 0.800. The third kappa shape index (κ3) is 5.77. The van der Waals surface area contributed by atoms with Crippen molar-refractivity contribution in [2.75, 3.05) is 32.9 Å². The van der Waals surface area contributed by atoms with E-state index in [-0.39, 0.29) is 17.9 Å². The number of rotatable bonds is 6. The highest BCUT2D eigenvalue weighted by atomic mass is 16.5. The molecule has 2 amide bonds. The van der Waals surface area contributed by atoms with Crippen LogP contribution in [0.4, 0.5) is 0 Å². The van der Waals surface area contributed by atoms with Gasteiger partial charge in [-0.15, -0.1) is 0 Å². The van der Waals surface area contributed by atoms with E-state index in [0.29, 0.717) is 38.8 Å². The summed E-state index contributed by atoms with van der Waals surface area (Å²) in [6, 6.07) is -0.616. The molecule has 1 aliphatic heterocycles. The van der Waals surface area contributed by atoms with Gasteiger partial charge in [0, 0.05) is 26.6 Å². The number of hydrogen-bond acceptors (Lipinski definition) is 4. The minimum Gasteiger partial charge on any atom is -0.378 e. The van der Waals surface area contributed by atoms with E-state index in [9.17, 15) is 9.59 Å². The molecule has 0 aromatic heterocycles. The lowest BCUT2D eigenvalue weighted by atomic mass is 9.90. The van der Waals surface area contributed by atoms with Gasteiger partial charge in [-0.2, -0.15) is 0 Å². The van der Waals surface area contributed by atoms with Gasteiger partial charge in [0.1, 0.15) is 6.04 Å². The third-order valence-corrected chi connectivity index (χ3v) is 4.74. The second kappa shape index (κ2) is 9.23. The first-order valence-electron chi connectivity index (χ1n) is 8.83. The minimum absolute atomic E-state index is 0.0698. The van der Waals surface area contributed by atoms with E-state index >= 15 is 0 Å².